The van der Waals surface area contributed by atoms with Gasteiger partial charge < -0.3 is 9.82 Å². The van der Waals surface area contributed by atoms with Crippen molar-refractivity contribution in [2.24, 2.45) is 0 Å². The van der Waals surface area contributed by atoms with Crippen molar-refractivity contribution < 1.29 is 4.84 Å². The highest BCUT2D eigenvalue weighted by Crippen LogP contribution is 2.27. The normalized spacial score (nSPS) is 15.1. The van der Waals surface area contributed by atoms with E-state index in [1.807, 2.05) is 29.9 Å². The Morgan fingerprint density at radius 2 is 2.29 bits per heavy atom. The minimum atomic E-state index is 0.847. The average Bonchev–Trinajstić information content (AvgIpc) is 2.96. The smallest absolute Gasteiger partial charge is 0.148 e. The zero-order valence-corrected chi connectivity index (χ0v) is 9.60. The molecule has 4 heteroatoms. The van der Waals surface area contributed by atoms with E-state index in [4.69, 9.17) is 4.84 Å². The van der Waals surface area contributed by atoms with Gasteiger partial charge in [0.2, 0.25) is 0 Å². The zero-order chi connectivity index (χ0) is 11.7. The lowest BCUT2D eigenvalue weighted by atomic mass is 10.2. The summed E-state index contributed by atoms with van der Waals surface area (Å²) in [4.78, 5) is 8.55. The Balaban J connectivity index is 1.97. The van der Waals surface area contributed by atoms with Crippen LogP contribution in [0.2, 0.25) is 0 Å². The summed E-state index contributed by atoms with van der Waals surface area (Å²) in [6.07, 6.45) is 6.87. The highest BCUT2D eigenvalue weighted by Gasteiger charge is 2.16. The molecule has 0 atom stereocenters. The van der Waals surface area contributed by atoms with E-state index in [9.17, 15) is 0 Å². The van der Waals surface area contributed by atoms with Crippen LogP contribution in [0.3, 0.4) is 0 Å². The quantitative estimate of drug-likeness (QED) is 0.848. The number of aromatic amines is 1. The maximum absolute atomic E-state index is 5.36. The highest BCUT2D eigenvalue weighted by molar-refractivity contribution is 5.92. The topological polar surface area (TPSA) is 40.3 Å². The predicted octanol–water partition coefficient (Wildman–Crippen LogP) is 2.88. The largest absolute Gasteiger partial charge is 0.391 e. The van der Waals surface area contributed by atoms with E-state index in [0.29, 0.717) is 0 Å². The van der Waals surface area contributed by atoms with Gasteiger partial charge in [0.25, 0.3) is 0 Å². The Hall–Kier alpha value is -1.94. The minimum absolute atomic E-state index is 0.847. The van der Waals surface area contributed by atoms with E-state index < -0.39 is 0 Å². The Morgan fingerprint density at radius 3 is 3.18 bits per heavy atom. The Morgan fingerprint density at radius 1 is 1.35 bits per heavy atom. The van der Waals surface area contributed by atoms with Crippen LogP contribution >= 0.6 is 0 Å². The third kappa shape index (κ3) is 1.76. The number of fused-ring (bicyclic) bond motifs is 1. The van der Waals surface area contributed by atoms with Crippen molar-refractivity contribution in [3.8, 4) is 0 Å². The Kier molecular flexibility index (Phi) is 2.49. The second-order valence-corrected chi connectivity index (χ2v) is 3.92. The molecule has 0 saturated heterocycles. The number of H-pyrrole nitrogens is 1. The van der Waals surface area contributed by atoms with Gasteiger partial charge >= 0.3 is 0 Å². The molecule has 1 radical (unpaired) electrons. The molecule has 0 fully saturated rings. The van der Waals surface area contributed by atoms with E-state index in [1.54, 1.807) is 0 Å². The molecule has 0 amide bonds. The number of nitrogens with zero attached hydrogens (tertiary/aromatic N) is 1. The first-order valence-electron chi connectivity index (χ1n) is 5.71. The number of hydrogen-bond donors (Lipinski definition) is 2. The molecule has 1 aliphatic heterocycles. The zero-order valence-electron chi connectivity index (χ0n) is 9.60. The maximum atomic E-state index is 5.36. The van der Waals surface area contributed by atoms with Crippen LogP contribution in [0.25, 0.3) is 10.9 Å². The maximum Gasteiger partial charge on any atom is 0.148 e. The van der Waals surface area contributed by atoms with Gasteiger partial charge in [0.15, 0.2) is 0 Å². The SMILES string of the molecule is CC[CH]C1=CN(c2cccc3[nH]ccc23)NO1. The van der Waals surface area contributed by atoms with Crippen molar-refractivity contribution >= 4 is 16.6 Å². The fourth-order valence-electron chi connectivity index (χ4n) is 1.97. The molecule has 0 aliphatic carbocycles. The molecule has 3 rings (SSSR count). The molecular formula is C13H14N3O. The van der Waals surface area contributed by atoms with Crippen LogP contribution in [0.5, 0.6) is 0 Å². The third-order valence-electron chi connectivity index (χ3n) is 2.75. The van der Waals surface area contributed by atoms with Crippen LogP contribution in [0.1, 0.15) is 13.3 Å². The molecule has 2 heterocycles. The van der Waals surface area contributed by atoms with Gasteiger partial charge in [0.1, 0.15) is 5.76 Å². The summed E-state index contributed by atoms with van der Waals surface area (Å²) in [7, 11) is 0. The highest BCUT2D eigenvalue weighted by atomic mass is 16.7. The van der Waals surface area contributed by atoms with Crippen LogP contribution in [0, 0.1) is 6.42 Å². The summed E-state index contributed by atoms with van der Waals surface area (Å²) in [5, 5.41) is 3.05. The molecule has 1 aromatic carbocycles. The second-order valence-electron chi connectivity index (χ2n) is 3.92. The number of benzene rings is 1. The molecule has 0 bridgehead atoms. The molecule has 87 valence electrons. The number of nitrogens with one attached hydrogen (secondary N) is 2. The monoisotopic (exact) mass is 228 g/mol. The number of aromatic nitrogens is 1. The number of allylic oxidation sites excluding steroid dienone is 1. The van der Waals surface area contributed by atoms with Crippen LogP contribution in [-0.4, -0.2) is 4.98 Å². The molecule has 1 aromatic heterocycles. The van der Waals surface area contributed by atoms with E-state index >= 15 is 0 Å². The van der Waals surface area contributed by atoms with E-state index in [0.717, 1.165) is 28.8 Å². The van der Waals surface area contributed by atoms with Crippen LogP contribution in [-0.2, 0) is 4.84 Å². The molecule has 0 saturated carbocycles. The van der Waals surface area contributed by atoms with E-state index in [2.05, 4.69) is 35.7 Å². The van der Waals surface area contributed by atoms with Gasteiger partial charge in [-0.05, 0) is 24.6 Å². The number of rotatable bonds is 3. The van der Waals surface area contributed by atoms with Crippen molar-refractivity contribution in [3.63, 3.8) is 0 Å². The minimum Gasteiger partial charge on any atom is -0.391 e. The van der Waals surface area contributed by atoms with Crippen molar-refractivity contribution in [1.82, 2.24) is 10.6 Å². The summed E-state index contributed by atoms with van der Waals surface area (Å²) >= 11 is 0. The Bertz CT molecular complexity index is 559. The van der Waals surface area contributed by atoms with Crippen LogP contribution < -0.4 is 10.6 Å². The molecule has 0 spiro atoms. The van der Waals surface area contributed by atoms with Crippen molar-refractivity contribution in [3.05, 3.63) is 48.8 Å². The fourth-order valence-corrected chi connectivity index (χ4v) is 1.97. The lowest BCUT2D eigenvalue weighted by molar-refractivity contribution is 0.135. The fraction of sp³-hybridized carbons (Fsp3) is 0.154. The number of hydrogen-bond acceptors (Lipinski definition) is 3. The van der Waals surface area contributed by atoms with Gasteiger partial charge in [0.05, 0.1) is 11.9 Å². The summed E-state index contributed by atoms with van der Waals surface area (Å²) in [6.45, 7) is 2.08. The first kappa shape index (κ1) is 10.2. The standard InChI is InChI=1S/C13H14N3O/c1-2-4-10-9-16(15-17-10)13-6-3-5-12-11(13)7-8-14-12/h3-9,14-15H,2H2,1H3. The number of anilines is 1. The lowest BCUT2D eigenvalue weighted by Gasteiger charge is -2.14. The van der Waals surface area contributed by atoms with Crippen LogP contribution in [0.4, 0.5) is 5.69 Å². The first-order valence-corrected chi connectivity index (χ1v) is 5.71. The second kappa shape index (κ2) is 4.14. The van der Waals surface area contributed by atoms with Crippen molar-refractivity contribution in [1.29, 1.82) is 0 Å². The third-order valence-corrected chi connectivity index (χ3v) is 2.75. The predicted molar refractivity (Wildman–Crippen MR) is 67.7 cm³/mol. The van der Waals surface area contributed by atoms with Gasteiger partial charge in [-0.1, -0.05) is 18.6 Å². The molecule has 4 nitrogen and oxygen atoms in total. The van der Waals surface area contributed by atoms with Gasteiger partial charge in [-0.25, -0.2) is 5.01 Å². The molecule has 1 aliphatic rings. The molecule has 0 unspecified atom stereocenters. The molecule has 2 aromatic rings. The van der Waals surface area contributed by atoms with Gasteiger partial charge in [-0.2, -0.15) is 0 Å². The van der Waals surface area contributed by atoms with Gasteiger partial charge in [0, 0.05) is 23.5 Å². The van der Waals surface area contributed by atoms with Gasteiger partial charge in [-0.15, -0.1) is 0 Å². The van der Waals surface area contributed by atoms with E-state index in [1.165, 1.54) is 0 Å². The summed E-state index contributed by atoms with van der Waals surface area (Å²) in [6, 6.07) is 8.18. The average molecular weight is 228 g/mol. The number of hydrazine groups is 1. The molecular weight excluding hydrogens is 214 g/mol. The van der Waals surface area contributed by atoms with Crippen LogP contribution in [0.15, 0.2) is 42.4 Å². The summed E-state index contributed by atoms with van der Waals surface area (Å²) < 4.78 is 0. The lowest BCUT2D eigenvalue weighted by Crippen LogP contribution is -2.27. The van der Waals surface area contributed by atoms with Gasteiger partial charge in [-0.3, -0.25) is 0 Å². The molecule has 2 N–H and O–H groups in total. The first-order chi connectivity index (χ1) is 8.38. The Labute approximate surface area is 99.8 Å². The summed E-state index contributed by atoms with van der Waals surface area (Å²) in [5.74, 6) is 0.847. The van der Waals surface area contributed by atoms with E-state index in [-0.39, 0.29) is 0 Å². The van der Waals surface area contributed by atoms with Crippen molar-refractivity contribution in [2.75, 3.05) is 5.01 Å². The summed E-state index contributed by atoms with van der Waals surface area (Å²) in [5.41, 5.74) is 5.07. The molecule has 17 heavy (non-hydrogen) atoms. The van der Waals surface area contributed by atoms with Crippen molar-refractivity contribution in [2.45, 2.75) is 13.3 Å².